The minimum atomic E-state index is -0.420. The molecule has 0 saturated carbocycles. The van der Waals surface area contributed by atoms with E-state index in [1.54, 1.807) is 48.5 Å². The van der Waals surface area contributed by atoms with E-state index in [9.17, 15) is 9.59 Å². The summed E-state index contributed by atoms with van der Waals surface area (Å²) in [6.07, 6.45) is 0. The number of benzene rings is 2. The molecule has 0 spiro atoms. The fourth-order valence-corrected chi connectivity index (χ4v) is 1.85. The number of rotatable bonds is 4. The highest BCUT2D eigenvalue weighted by molar-refractivity contribution is 6.30. The van der Waals surface area contributed by atoms with Crippen molar-refractivity contribution in [1.82, 2.24) is 10.9 Å². The van der Waals surface area contributed by atoms with Gasteiger partial charge in [0.1, 0.15) is 0 Å². The molecule has 2 rings (SSSR count). The molecule has 0 unspecified atom stereocenters. The molecule has 0 fully saturated rings. The smallest absolute Gasteiger partial charge is 0.269 e. The summed E-state index contributed by atoms with van der Waals surface area (Å²) in [4.78, 5) is 23.4. The lowest BCUT2D eigenvalue weighted by atomic mass is 10.2. The van der Waals surface area contributed by atoms with Crippen molar-refractivity contribution in [2.45, 2.75) is 0 Å². The molecule has 0 heterocycles. The molecule has 0 aliphatic carbocycles. The van der Waals surface area contributed by atoms with Crippen molar-refractivity contribution < 1.29 is 9.59 Å². The summed E-state index contributed by atoms with van der Waals surface area (Å²) in [6, 6.07) is 13.3. The summed E-state index contributed by atoms with van der Waals surface area (Å²) in [7, 11) is 0. The third-order valence-electron chi connectivity index (χ3n) is 2.72. The molecule has 0 aliphatic heterocycles. The SMILES string of the molecule is O=C(CNc1ccc(Cl)cc1)NNC(=O)c1ccc(Cl)cc1. The monoisotopic (exact) mass is 337 g/mol. The molecule has 2 aromatic carbocycles. The van der Waals surface area contributed by atoms with Crippen LogP contribution in [0.3, 0.4) is 0 Å². The van der Waals surface area contributed by atoms with E-state index in [1.165, 1.54) is 0 Å². The predicted molar refractivity (Wildman–Crippen MR) is 87.0 cm³/mol. The number of carbonyl (C=O) groups is 2. The second kappa shape index (κ2) is 7.68. The Balaban J connectivity index is 1.76. The normalized spacial score (nSPS) is 9.91. The van der Waals surface area contributed by atoms with E-state index in [0.29, 0.717) is 15.6 Å². The zero-order chi connectivity index (χ0) is 15.9. The van der Waals surface area contributed by atoms with Gasteiger partial charge in [-0.05, 0) is 48.5 Å². The van der Waals surface area contributed by atoms with Crippen LogP contribution in [0.2, 0.25) is 10.0 Å². The molecule has 0 bridgehead atoms. The lowest BCUT2D eigenvalue weighted by Crippen LogP contribution is -2.44. The maximum absolute atomic E-state index is 11.8. The zero-order valence-electron chi connectivity index (χ0n) is 11.4. The molecular weight excluding hydrogens is 325 g/mol. The summed E-state index contributed by atoms with van der Waals surface area (Å²) in [5.74, 6) is -0.797. The van der Waals surface area contributed by atoms with Gasteiger partial charge in [-0.2, -0.15) is 0 Å². The summed E-state index contributed by atoms with van der Waals surface area (Å²) in [5, 5.41) is 4.05. The van der Waals surface area contributed by atoms with E-state index in [0.717, 1.165) is 5.69 Å². The van der Waals surface area contributed by atoms with E-state index in [2.05, 4.69) is 16.2 Å². The highest BCUT2D eigenvalue weighted by atomic mass is 35.5. The second-order valence-corrected chi connectivity index (χ2v) is 5.24. The Kier molecular flexibility index (Phi) is 5.63. The van der Waals surface area contributed by atoms with Crippen LogP contribution in [0.1, 0.15) is 10.4 Å². The van der Waals surface area contributed by atoms with Crippen LogP contribution in [0.4, 0.5) is 5.69 Å². The molecule has 0 aromatic heterocycles. The first kappa shape index (κ1) is 16.1. The van der Waals surface area contributed by atoms with Crippen LogP contribution in [-0.2, 0) is 4.79 Å². The number of hydrogen-bond donors (Lipinski definition) is 3. The molecule has 22 heavy (non-hydrogen) atoms. The number of carbonyl (C=O) groups excluding carboxylic acids is 2. The Morgan fingerprint density at radius 1 is 0.818 bits per heavy atom. The number of amides is 2. The highest BCUT2D eigenvalue weighted by Crippen LogP contribution is 2.12. The summed E-state index contributed by atoms with van der Waals surface area (Å²) < 4.78 is 0. The Labute approximate surface area is 137 Å². The van der Waals surface area contributed by atoms with Crippen LogP contribution >= 0.6 is 23.2 Å². The van der Waals surface area contributed by atoms with E-state index in [4.69, 9.17) is 23.2 Å². The molecule has 0 radical (unpaired) electrons. The molecule has 0 aliphatic rings. The number of hydrazine groups is 1. The number of hydrogen-bond acceptors (Lipinski definition) is 3. The van der Waals surface area contributed by atoms with Gasteiger partial charge in [-0.15, -0.1) is 0 Å². The molecule has 0 atom stereocenters. The predicted octanol–water partition coefficient (Wildman–Crippen LogP) is 2.87. The van der Waals surface area contributed by atoms with E-state index in [1.807, 2.05) is 0 Å². The van der Waals surface area contributed by atoms with Gasteiger partial charge in [0.15, 0.2) is 0 Å². The maximum atomic E-state index is 11.8. The molecule has 114 valence electrons. The lowest BCUT2D eigenvalue weighted by molar-refractivity contribution is -0.120. The largest absolute Gasteiger partial charge is 0.376 e. The summed E-state index contributed by atoms with van der Waals surface area (Å²) in [5.41, 5.74) is 5.79. The molecule has 5 nitrogen and oxygen atoms in total. The topological polar surface area (TPSA) is 70.2 Å². The number of nitrogens with one attached hydrogen (secondary N) is 3. The van der Waals surface area contributed by atoms with Gasteiger partial charge in [0.2, 0.25) is 0 Å². The third kappa shape index (κ3) is 4.95. The van der Waals surface area contributed by atoms with Gasteiger partial charge >= 0.3 is 0 Å². The van der Waals surface area contributed by atoms with Crippen LogP contribution in [0.5, 0.6) is 0 Å². The second-order valence-electron chi connectivity index (χ2n) is 4.37. The Morgan fingerprint density at radius 3 is 1.95 bits per heavy atom. The standard InChI is InChI=1S/C15H13Cl2N3O2/c16-11-3-1-10(2-4-11)15(22)20-19-14(21)9-18-13-7-5-12(17)6-8-13/h1-8,18H,9H2,(H,19,21)(H,20,22). The minimum Gasteiger partial charge on any atom is -0.376 e. The lowest BCUT2D eigenvalue weighted by Gasteiger charge is -2.09. The van der Waals surface area contributed by atoms with Gasteiger partial charge in [-0.3, -0.25) is 20.4 Å². The fraction of sp³-hybridized carbons (Fsp3) is 0.0667. The Hall–Kier alpha value is -2.24. The van der Waals surface area contributed by atoms with Crippen molar-refractivity contribution in [3.05, 3.63) is 64.1 Å². The fourth-order valence-electron chi connectivity index (χ4n) is 1.59. The molecule has 0 saturated heterocycles. The number of anilines is 1. The van der Waals surface area contributed by atoms with Crippen molar-refractivity contribution >= 4 is 40.7 Å². The summed E-state index contributed by atoms with van der Waals surface area (Å²) >= 11 is 11.5. The van der Waals surface area contributed by atoms with Gasteiger partial charge in [0, 0.05) is 21.3 Å². The maximum Gasteiger partial charge on any atom is 0.269 e. The molecule has 7 heteroatoms. The minimum absolute atomic E-state index is 0.0164. The molecule has 2 amide bonds. The van der Waals surface area contributed by atoms with Crippen molar-refractivity contribution in [1.29, 1.82) is 0 Å². The third-order valence-corrected chi connectivity index (χ3v) is 3.22. The molecule has 2 aromatic rings. The van der Waals surface area contributed by atoms with Crippen molar-refractivity contribution in [3.8, 4) is 0 Å². The first-order valence-corrected chi connectivity index (χ1v) is 7.14. The van der Waals surface area contributed by atoms with E-state index >= 15 is 0 Å². The van der Waals surface area contributed by atoms with Gasteiger partial charge in [0.25, 0.3) is 11.8 Å². The van der Waals surface area contributed by atoms with Crippen LogP contribution < -0.4 is 16.2 Å². The van der Waals surface area contributed by atoms with E-state index in [-0.39, 0.29) is 12.5 Å². The Morgan fingerprint density at radius 2 is 1.36 bits per heavy atom. The van der Waals surface area contributed by atoms with Crippen LogP contribution in [0, 0.1) is 0 Å². The first-order chi connectivity index (χ1) is 10.5. The molecular formula is C15H13Cl2N3O2. The molecule has 3 N–H and O–H groups in total. The van der Waals surface area contributed by atoms with Crippen LogP contribution in [0.25, 0.3) is 0 Å². The van der Waals surface area contributed by atoms with Gasteiger partial charge < -0.3 is 5.32 Å². The van der Waals surface area contributed by atoms with Crippen LogP contribution in [0.15, 0.2) is 48.5 Å². The first-order valence-electron chi connectivity index (χ1n) is 6.39. The number of halogens is 2. The zero-order valence-corrected chi connectivity index (χ0v) is 12.9. The van der Waals surface area contributed by atoms with Crippen molar-refractivity contribution in [2.75, 3.05) is 11.9 Å². The average Bonchev–Trinajstić information content (AvgIpc) is 2.52. The van der Waals surface area contributed by atoms with E-state index < -0.39 is 5.91 Å². The van der Waals surface area contributed by atoms with Gasteiger partial charge in [-0.25, -0.2) is 0 Å². The van der Waals surface area contributed by atoms with Crippen molar-refractivity contribution in [3.63, 3.8) is 0 Å². The quantitative estimate of drug-likeness (QED) is 0.751. The Bertz CT molecular complexity index is 657. The van der Waals surface area contributed by atoms with Gasteiger partial charge in [-0.1, -0.05) is 23.2 Å². The van der Waals surface area contributed by atoms with Crippen LogP contribution in [-0.4, -0.2) is 18.4 Å². The average molecular weight is 338 g/mol. The van der Waals surface area contributed by atoms with Crippen molar-refractivity contribution in [2.24, 2.45) is 0 Å². The van der Waals surface area contributed by atoms with Gasteiger partial charge in [0.05, 0.1) is 6.54 Å². The summed E-state index contributed by atoms with van der Waals surface area (Å²) in [6.45, 7) is 0.0164. The highest BCUT2D eigenvalue weighted by Gasteiger charge is 2.07.